The molecule has 1 atom stereocenters. The highest BCUT2D eigenvalue weighted by molar-refractivity contribution is 7.10. The number of fused-ring (bicyclic) bond motifs is 1. The third-order valence-corrected chi connectivity index (χ3v) is 5.86. The van der Waals surface area contributed by atoms with Crippen molar-refractivity contribution < 1.29 is 14.3 Å². The summed E-state index contributed by atoms with van der Waals surface area (Å²) >= 11 is 13.6. The van der Waals surface area contributed by atoms with Gasteiger partial charge in [0, 0.05) is 10.3 Å². The lowest BCUT2D eigenvalue weighted by molar-refractivity contribution is -0.119. The van der Waals surface area contributed by atoms with Crippen molar-refractivity contribution in [2.75, 3.05) is 11.9 Å². The minimum Gasteiger partial charge on any atom is -0.452 e. The number of benzene rings is 1. The van der Waals surface area contributed by atoms with Gasteiger partial charge in [0.2, 0.25) is 0 Å². The summed E-state index contributed by atoms with van der Waals surface area (Å²) in [5.41, 5.74) is 1.96. The average molecular weight is 398 g/mol. The molecule has 0 saturated heterocycles. The number of para-hydroxylation sites is 1. The zero-order valence-corrected chi connectivity index (χ0v) is 15.9. The molecule has 3 rings (SSSR count). The summed E-state index contributed by atoms with van der Waals surface area (Å²) in [6.45, 7) is 1.83. The summed E-state index contributed by atoms with van der Waals surface area (Å²) in [6, 6.07) is 4.92. The zero-order chi connectivity index (χ0) is 18.0. The Morgan fingerprint density at radius 1 is 1.32 bits per heavy atom. The van der Waals surface area contributed by atoms with Crippen molar-refractivity contribution in [3.8, 4) is 0 Å². The van der Waals surface area contributed by atoms with Gasteiger partial charge in [-0.15, -0.1) is 11.3 Å². The Morgan fingerprint density at radius 2 is 2.04 bits per heavy atom. The van der Waals surface area contributed by atoms with Crippen LogP contribution in [0.2, 0.25) is 10.0 Å². The number of carbonyl (C=O) groups excluding carboxylic acids is 2. The number of halogens is 2. The van der Waals surface area contributed by atoms with Crippen LogP contribution in [0.15, 0.2) is 23.6 Å². The van der Waals surface area contributed by atoms with Crippen molar-refractivity contribution in [2.45, 2.75) is 26.2 Å². The van der Waals surface area contributed by atoms with Gasteiger partial charge in [0.1, 0.15) is 0 Å². The van der Waals surface area contributed by atoms with Crippen LogP contribution in [0.3, 0.4) is 0 Å². The normalized spacial score (nSPS) is 16.2. The second kappa shape index (κ2) is 7.77. The lowest BCUT2D eigenvalue weighted by Gasteiger charge is -2.18. The highest BCUT2D eigenvalue weighted by Gasteiger charge is 2.24. The summed E-state index contributed by atoms with van der Waals surface area (Å²) in [6.07, 6.45) is 2.94. The maximum Gasteiger partial charge on any atom is 0.339 e. The molecule has 132 valence electrons. The van der Waals surface area contributed by atoms with E-state index in [1.165, 1.54) is 4.88 Å². The molecule has 0 aliphatic heterocycles. The molecule has 7 heteroatoms. The maximum atomic E-state index is 12.3. The molecule has 0 saturated carbocycles. The van der Waals surface area contributed by atoms with Gasteiger partial charge >= 0.3 is 5.97 Å². The van der Waals surface area contributed by atoms with Crippen LogP contribution >= 0.6 is 34.5 Å². The molecule has 0 radical (unpaired) electrons. The van der Waals surface area contributed by atoms with Crippen molar-refractivity contribution in [3.05, 3.63) is 49.6 Å². The number of esters is 1. The van der Waals surface area contributed by atoms with Crippen LogP contribution in [-0.4, -0.2) is 18.5 Å². The SMILES string of the molecule is CC1CCc2c(C(=O)OCC(=O)Nc3c(Cl)cccc3Cl)csc2C1. The lowest BCUT2D eigenvalue weighted by atomic mass is 9.88. The van der Waals surface area contributed by atoms with E-state index in [1.807, 2.05) is 5.38 Å². The van der Waals surface area contributed by atoms with E-state index in [4.69, 9.17) is 27.9 Å². The minimum atomic E-state index is -0.485. The van der Waals surface area contributed by atoms with Gasteiger partial charge in [-0.3, -0.25) is 4.79 Å². The van der Waals surface area contributed by atoms with Gasteiger partial charge in [-0.1, -0.05) is 36.2 Å². The fourth-order valence-electron chi connectivity index (χ4n) is 2.85. The summed E-state index contributed by atoms with van der Waals surface area (Å²) < 4.78 is 5.16. The van der Waals surface area contributed by atoms with Crippen LogP contribution in [0, 0.1) is 5.92 Å². The lowest BCUT2D eigenvalue weighted by Crippen LogP contribution is -2.22. The van der Waals surface area contributed by atoms with Gasteiger partial charge in [0.15, 0.2) is 6.61 Å². The quantitative estimate of drug-likeness (QED) is 0.740. The average Bonchev–Trinajstić information content (AvgIpc) is 2.99. The Hall–Kier alpha value is -1.56. The molecule has 25 heavy (non-hydrogen) atoms. The molecule has 0 bridgehead atoms. The third kappa shape index (κ3) is 4.17. The maximum absolute atomic E-state index is 12.3. The van der Waals surface area contributed by atoms with E-state index < -0.39 is 11.9 Å². The molecule has 0 spiro atoms. The first-order chi connectivity index (χ1) is 12.0. The van der Waals surface area contributed by atoms with E-state index in [0.717, 1.165) is 24.8 Å². The van der Waals surface area contributed by atoms with Crippen LogP contribution in [0.4, 0.5) is 5.69 Å². The Kier molecular flexibility index (Phi) is 5.67. The topological polar surface area (TPSA) is 55.4 Å². The second-order valence-electron chi connectivity index (χ2n) is 6.12. The Balaban J connectivity index is 1.60. The zero-order valence-electron chi connectivity index (χ0n) is 13.6. The van der Waals surface area contributed by atoms with Gasteiger partial charge < -0.3 is 10.1 Å². The van der Waals surface area contributed by atoms with Gasteiger partial charge in [-0.25, -0.2) is 4.79 Å². The summed E-state index contributed by atoms with van der Waals surface area (Å²) in [5, 5.41) is 5.05. The number of rotatable bonds is 4. The number of thiophene rings is 1. The highest BCUT2D eigenvalue weighted by atomic mass is 35.5. The van der Waals surface area contributed by atoms with Crippen molar-refractivity contribution in [1.82, 2.24) is 0 Å². The molecule has 2 aromatic rings. The van der Waals surface area contributed by atoms with Crippen molar-refractivity contribution in [1.29, 1.82) is 0 Å². The molecule has 1 unspecified atom stereocenters. The van der Waals surface area contributed by atoms with Crippen molar-refractivity contribution >= 4 is 52.1 Å². The van der Waals surface area contributed by atoms with Crippen LogP contribution in [0.5, 0.6) is 0 Å². The smallest absolute Gasteiger partial charge is 0.339 e. The van der Waals surface area contributed by atoms with Gasteiger partial charge in [-0.05, 0) is 42.9 Å². The van der Waals surface area contributed by atoms with Crippen molar-refractivity contribution in [2.24, 2.45) is 5.92 Å². The minimum absolute atomic E-state index is 0.314. The summed E-state index contributed by atoms with van der Waals surface area (Å²) in [7, 11) is 0. The molecule has 1 heterocycles. The molecule has 1 aromatic heterocycles. The summed E-state index contributed by atoms with van der Waals surface area (Å²) in [5.74, 6) is -0.310. The first kappa shape index (κ1) is 18.2. The number of ether oxygens (including phenoxy) is 1. The molecular formula is C18H17Cl2NO3S. The van der Waals surface area contributed by atoms with E-state index in [1.54, 1.807) is 29.5 Å². The fourth-order valence-corrected chi connectivity index (χ4v) is 4.58. The molecule has 1 aromatic carbocycles. The first-order valence-corrected chi connectivity index (χ1v) is 9.59. The molecular weight excluding hydrogens is 381 g/mol. The highest BCUT2D eigenvalue weighted by Crippen LogP contribution is 2.33. The number of amides is 1. The number of anilines is 1. The Morgan fingerprint density at radius 3 is 2.76 bits per heavy atom. The van der Waals surface area contributed by atoms with Gasteiger partial charge in [-0.2, -0.15) is 0 Å². The number of hydrogen-bond donors (Lipinski definition) is 1. The predicted octanol–water partition coefficient (Wildman–Crippen LogP) is 4.98. The molecule has 1 aliphatic rings. The standard InChI is InChI=1S/C18H17Cl2NO3S/c1-10-5-6-11-12(9-25-15(11)7-10)18(23)24-8-16(22)21-17-13(19)3-2-4-14(17)20/h2-4,9-10H,5-8H2,1H3,(H,21,22). The van der Waals surface area contributed by atoms with E-state index >= 15 is 0 Å². The monoisotopic (exact) mass is 397 g/mol. The summed E-state index contributed by atoms with van der Waals surface area (Å²) in [4.78, 5) is 25.6. The largest absolute Gasteiger partial charge is 0.452 e. The molecule has 0 fully saturated rings. The molecule has 4 nitrogen and oxygen atoms in total. The van der Waals surface area contributed by atoms with Crippen LogP contribution < -0.4 is 5.32 Å². The third-order valence-electron chi connectivity index (χ3n) is 4.18. The van der Waals surface area contributed by atoms with E-state index in [0.29, 0.717) is 27.2 Å². The first-order valence-electron chi connectivity index (χ1n) is 7.96. The van der Waals surface area contributed by atoms with Gasteiger partial charge in [0.05, 0.1) is 21.3 Å². The number of nitrogens with one attached hydrogen (secondary N) is 1. The van der Waals surface area contributed by atoms with Crippen molar-refractivity contribution in [3.63, 3.8) is 0 Å². The number of hydrogen-bond acceptors (Lipinski definition) is 4. The Bertz CT molecular complexity index is 798. The predicted molar refractivity (Wildman–Crippen MR) is 101 cm³/mol. The molecule has 1 amide bonds. The molecule has 1 N–H and O–H groups in total. The van der Waals surface area contributed by atoms with Crippen LogP contribution in [-0.2, 0) is 22.4 Å². The molecule has 1 aliphatic carbocycles. The Labute approximate surface area is 160 Å². The van der Waals surface area contributed by atoms with E-state index in [2.05, 4.69) is 12.2 Å². The van der Waals surface area contributed by atoms with Crippen LogP contribution in [0.25, 0.3) is 0 Å². The second-order valence-corrected chi connectivity index (χ2v) is 7.90. The van der Waals surface area contributed by atoms with E-state index in [9.17, 15) is 9.59 Å². The fraction of sp³-hybridized carbons (Fsp3) is 0.333. The number of carbonyl (C=O) groups is 2. The van der Waals surface area contributed by atoms with E-state index in [-0.39, 0.29) is 6.61 Å². The van der Waals surface area contributed by atoms with Gasteiger partial charge in [0.25, 0.3) is 5.91 Å². The van der Waals surface area contributed by atoms with Crippen LogP contribution in [0.1, 0.15) is 34.1 Å².